The highest BCUT2D eigenvalue weighted by atomic mass is 32.1. The highest BCUT2D eigenvalue weighted by Crippen LogP contribution is 2.38. The van der Waals surface area contributed by atoms with Crippen LogP contribution in [0.4, 0.5) is 5.00 Å². The minimum absolute atomic E-state index is 0.280. The SMILES string of the molecule is CCOc1ccc(C(=O)NCC(=O)OCC(=O)Nc2sc3c(c2C(N)=O)CCC3)cc1OCC. The molecular formula is C23H27N3O7S. The first-order valence-electron chi connectivity index (χ1n) is 10.9. The Labute approximate surface area is 200 Å². The molecule has 1 aliphatic carbocycles. The second kappa shape index (κ2) is 11.5. The first-order chi connectivity index (χ1) is 16.3. The highest BCUT2D eigenvalue weighted by molar-refractivity contribution is 7.17. The molecule has 10 nitrogen and oxygen atoms in total. The lowest BCUT2D eigenvalue weighted by atomic mass is 10.1. The lowest BCUT2D eigenvalue weighted by Crippen LogP contribution is -2.32. The van der Waals surface area contributed by atoms with Crippen molar-refractivity contribution in [2.75, 3.05) is 31.7 Å². The van der Waals surface area contributed by atoms with Crippen LogP contribution in [-0.4, -0.2) is 50.1 Å². The van der Waals surface area contributed by atoms with E-state index in [1.54, 1.807) is 12.1 Å². The van der Waals surface area contributed by atoms with E-state index in [-0.39, 0.29) is 5.56 Å². The fourth-order valence-corrected chi connectivity index (χ4v) is 4.87. The van der Waals surface area contributed by atoms with Crippen LogP contribution in [0.25, 0.3) is 0 Å². The fraction of sp³-hybridized carbons (Fsp3) is 0.391. The molecule has 0 atom stereocenters. The van der Waals surface area contributed by atoms with Gasteiger partial charge < -0.3 is 30.6 Å². The number of carbonyl (C=O) groups is 4. The van der Waals surface area contributed by atoms with Crippen LogP contribution in [0.3, 0.4) is 0 Å². The van der Waals surface area contributed by atoms with E-state index in [2.05, 4.69) is 10.6 Å². The van der Waals surface area contributed by atoms with Gasteiger partial charge in [-0.05, 0) is 56.9 Å². The number of nitrogens with two attached hydrogens (primary N) is 1. The number of fused-ring (bicyclic) bond motifs is 1. The number of rotatable bonds is 11. The van der Waals surface area contributed by atoms with Gasteiger partial charge in [0.2, 0.25) is 0 Å². The number of esters is 1. The standard InChI is InChI=1S/C23H27N3O7S/c1-3-31-15-9-8-13(10-16(15)32-4-2)22(30)25-11-19(28)33-12-18(27)26-23-20(21(24)29)14-6-5-7-17(14)34-23/h8-10H,3-7,11-12H2,1-2H3,(H2,24,29)(H,25,30)(H,26,27). The minimum atomic E-state index is -0.789. The van der Waals surface area contributed by atoms with Crippen LogP contribution in [0.1, 0.15) is 51.4 Å². The zero-order chi connectivity index (χ0) is 24.7. The number of nitrogens with one attached hydrogen (secondary N) is 2. The Balaban J connectivity index is 1.49. The highest BCUT2D eigenvalue weighted by Gasteiger charge is 2.26. The summed E-state index contributed by atoms with van der Waals surface area (Å²) >= 11 is 1.31. The second-order valence-electron chi connectivity index (χ2n) is 7.34. The van der Waals surface area contributed by atoms with Crippen LogP contribution in [-0.2, 0) is 27.2 Å². The largest absolute Gasteiger partial charge is 0.490 e. The van der Waals surface area contributed by atoms with Crippen LogP contribution in [0.2, 0.25) is 0 Å². The first kappa shape index (κ1) is 25.0. The molecule has 0 unspecified atom stereocenters. The van der Waals surface area contributed by atoms with Crippen molar-refractivity contribution in [3.63, 3.8) is 0 Å². The molecule has 182 valence electrons. The summed E-state index contributed by atoms with van der Waals surface area (Å²) in [7, 11) is 0. The topological polar surface area (TPSA) is 146 Å². The molecule has 1 aliphatic rings. The van der Waals surface area contributed by atoms with Crippen molar-refractivity contribution < 1.29 is 33.4 Å². The summed E-state index contributed by atoms with van der Waals surface area (Å²) in [5.74, 6) is -1.56. The lowest BCUT2D eigenvalue weighted by Gasteiger charge is -2.12. The van der Waals surface area contributed by atoms with E-state index in [0.717, 1.165) is 29.7 Å². The van der Waals surface area contributed by atoms with Gasteiger partial charge in [-0.15, -0.1) is 11.3 Å². The molecule has 1 aromatic carbocycles. The van der Waals surface area contributed by atoms with Gasteiger partial charge in [0.1, 0.15) is 11.5 Å². The van der Waals surface area contributed by atoms with E-state index in [4.69, 9.17) is 19.9 Å². The van der Waals surface area contributed by atoms with Crippen LogP contribution < -0.4 is 25.8 Å². The van der Waals surface area contributed by atoms with Crippen molar-refractivity contribution in [2.45, 2.75) is 33.1 Å². The average molecular weight is 490 g/mol. The average Bonchev–Trinajstić information content (AvgIpc) is 3.38. The van der Waals surface area contributed by atoms with Gasteiger partial charge in [-0.2, -0.15) is 0 Å². The Hall–Kier alpha value is -3.60. The molecule has 0 aliphatic heterocycles. The molecule has 0 saturated carbocycles. The molecule has 0 spiro atoms. The molecule has 2 aromatic rings. The Morgan fingerprint density at radius 2 is 1.79 bits per heavy atom. The lowest BCUT2D eigenvalue weighted by molar-refractivity contribution is -0.146. The van der Waals surface area contributed by atoms with E-state index in [1.165, 1.54) is 17.4 Å². The number of primary amides is 1. The summed E-state index contributed by atoms with van der Waals surface area (Å²) in [6, 6.07) is 4.69. The number of hydrogen-bond donors (Lipinski definition) is 3. The summed E-state index contributed by atoms with van der Waals surface area (Å²) in [5, 5.41) is 5.40. The van der Waals surface area contributed by atoms with Gasteiger partial charge in [0.05, 0.1) is 18.8 Å². The number of aryl methyl sites for hydroxylation is 1. The van der Waals surface area contributed by atoms with E-state index in [9.17, 15) is 19.2 Å². The van der Waals surface area contributed by atoms with Crippen molar-refractivity contribution in [1.29, 1.82) is 0 Å². The number of anilines is 1. The fourth-order valence-electron chi connectivity index (χ4n) is 3.56. The van der Waals surface area contributed by atoms with Crippen molar-refractivity contribution in [2.24, 2.45) is 5.73 Å². The molecule has 0 saturated heterocycles. The predicted molar refractivity (Wildman–Crippen MR) is 126 cm³/mol. The summed E-state index contributed by atoms with van der Waals surface area (Å²) in [6.07, 6.45) is 2.53. The van der Waals surface area contributed by atoms with E-state index < -0.39 is 36.8 Å². The Morgan fingerprint density at radius 1 is 1.06 bits per heavy atom. The molecule has 11 heteroatoms. The number of amides is 3. The number of hydrogen-bond acceptors (Lipinski definition) is 8. The Kier molecular flexibility index (Phi) is 8.47. The normalized spacial score (nSPS) is 11.9. The Bertz CT molecular complexity index is 1100. The van der Waals surface area contributed by atoms with Crippen LogP contribution in [0, 0.1) is 0 Å². The maximum absolute atomic E-state index is 12.4. The maximum Gasteiger partial charge on any atom is 0.325 e. The zero-order valence-electron chi connectivity index (χ0n) is 19.0. The van der Waals surface area contributed by atoms with Gasteiger partial charge in [0.15, 0.2) is 18.1 Å². The molecule has 1 heterocycles. The van der Waals surface area contributed by atoms with Gasteiger partial charge in [-0.1, -0.05) is 0 Å². The molecule has 4 N–H and O–H groups in total. The molecule has 0 bridgehead atoms. The van der Waals surface area contributed by atoms with E-state index >= 15 is 0 Å². The van der Waals surface area contributed by atoms with Crippen molar-refractivity contribution in [1.82, 2.24) is 5.32 Å². The van der Waals surface area contributed by atoms with Crippen LogP contribution in [0.15, 0.2) is 18.2 Å². The minimum Gasteiger partial charge on any atom is -0.490 e. The maximum atomic E-state index is 12.4. The van der Waals surface area contributed by atoms with Crippen molar-refractivity contribution >= 4 is 40.0 Å². The molecule has 0 fully saturated rings. The van der Waals surface area contributed by atoms with Gasteiger partial charge in [0.25, 0.3) is 17.7 Å². The third-order valence-electron chi connectivity index (χ3n) is 4.98. The van der Waals surface area contributed by atoms with Crippen LogP contribution >= 0.6 is 11.3 Å². The summed E-state index contributed by atoms with van der Waals surface area (Å²) in [4.78, 5) is 49.4. The number of ether oxygens (including phenoxy) is 3. The Morgan fingerprint density at radius 3 is 2.50 bits per heavy atom. The third-order valence-corrected chi connectivity index (χ3v) is 6.19. The van der Waals surface area contributed by atoms with Crippen molar-refractivity contribution in [3.05, 3.63) is 39.8 Å². The van der Waals surface area contributed by atoms with Gasteiger partial charge in [-0.3, -0.25) is 19.2 Å². The molecule has 0 radical (unpaired) electrons. The van der Waals surface area contributed by atoms with Gasteiger partial charge in [-0.25, -0.2) is 0 Å². The van der Waals surface area contributed by atoms with Gasteiger partial charge >= 0.3 is 5.97 Å². The summed E-state index contributed by atoms with van der Waals surface area (Å²) in [6.45, 7) is 3.51. The summed E-state index contributed by atoms with van der Waals surface area (Å²) < 4.78 is 15.9. The zero-order valence-corrected chi connectivity index (χ0v) is 19.8. The molecular weight excluding hydrogens is 462 g/mol. The number of carbonyl (C=O) groups excluding carboxylic acids is 4. The quantitative estimate of drug-likeness (QED) is 0.409. The molecule has 34 heavy (non-hydrogen) atoms. The first-order valence-corrected chi connectivity index (χ1v) is 11.7. The molecule has 1 aromatic heterocycles. The molecule has 3 rings (SSSR count). The second-order valence-corrected chi connectivity index (χ2v) is 8.45. The summed E-state index contributed by atoms with van der Waals surface area (Å²) in [5.41, 5.74) is 6.96. The molecule has 3 amide bonds. The number of thiophene rings is 1. The van der Waals surface area contributed by atoms with E-state index in [0.29, 0.717) is 35.3 Å². The van der Waals surface area contributed by atoms with Gasteiger partial charge in [0, 0.05) is 10.4 Å². The smallest absolute Gasteiger partial charge is 0.325 e. The third kappa shape index (κ3) is 6.04. The van der Waals surface area contributed by atoms with E-state index in [1.807, 2.05) is 13.8 Å². The number of benzene rings is 1. The van der Waals surface area contributed by atoms with Crippen molar-refractivity contribution in [3.8, 4) is 11.5 Å². The van der Waals surface area contributed by atoms with Crippen LogP contribution in [0.5, 0.6) is 11.5 Å². The monoisotopic (exact) mass is 489 g/mol. The predicted octanol–water partition coefficient (Wildman–Crippen LogP) is 2.04.